The van der Waals surface area contributed by atoms with Gasteiger partial charge >= 0.3 is 5.69 Å². The topological polar surface area (TPSA) is 65.1 Å². The molecule has 0 atom stereocenters. The number of thioether (sulfide) groups is 2. The van der Waals surface area contributed by atoms with E-state index < -0.39 is 0 Å². The number of nitrogens with zero attached hydrogens (tertiary/aromatic N) is 5. The molecule has 0 N–H and O–H groups in total. The second-order valence-electron chi connectivity index (χ2n) is 6.47. The van der Waals surface area contributed by atoms with E-state index in [9.17, 15) is 4.79 Å². The SMILES string of the molecule is CCSC(=NCCc1ccccc1)SCc1c(C)cccc1-n1nnn(C)c1=O. The van der Waals surface area contributed by atoms with Gasteiger partial charge in [-0.1, -0.05) is 61.2 Å². The molecule has 1 heterocycles. The zero-order chi connectivity index (χ0) is 20.6. The first-order valence-corrected chi connectivity index (χ1v) is 11.5. The van der Waals surface area contributed by atoms with E-state index in [4.69, 9.17) is 4.99 Å². The molecule has 0 aliphatic carbocycles. The van der Waals surface area contributed by atoms with E-state index in [1.165, 1.54) is 14.9 Å². The zero-order valence-corrected chi connectivity index (χ0v) is 18.5. The van der Waals surface area contributed by atoms with Crippen LogP contribution in [0.25, 0.3) is 5.69 Å². The van der Waals surface area contributed by atoms with Crippen LogP contribution in [0.5, 0.6) is 0 Å². The number of hydrogen-bond acceptors (Lipinski definition) is 6. The summed E-state index contributed by atoms with van der Waals surface area (Å²) in [6.07, 6.45) is 0.930. The Hall–Kier alpha value is -2.32. The lowest BCUT2D eigenvalue weighted by molar-refractivity contribution is 0.692. The van der Waals surface area contributed by atoms with Crippen molar-refractivity contribution in [2.75, 3.05) is 12.3 Å². The first kappa shape index (κ1) is 21.4. The van der Waals surface area contributed by atoms with Gasteiger partial charge in [0.2, 0.25) is 0 Å². The maximum atomic E-state index is 12.3. The Morgan fingerprint density at radius 2 is 1.86 bits per heavy atom. The minimum Gasteiger partial charge on any atom is -0.271 e. The molecule has 0 radical (unpaired) electrons. The third-order valence-corrected chi connectivity index (χ3v) is 6.61. The number of aliphatic imine (C=N–C) groups is 1. The van der Waals surface area contributed by atoms with Gasteiger partial charge in [-0.05, 0) is 52.3 Å². The third kappa shape index (κ3) is 5.61. The third-order valence-electron chi connectivity index (χ3n) is 4.43. The lowest BCUT2D eigenvalue weighted by atomic mass is 10.1. The van der Waals surface area contributed by atoms with Crippen LogP contribution in [-0.4, -0.2) is 36.5 Å². The normalized spacial score (nSPS) is 11.8. The van der Waals surface area contributed by atoms with Gasteiger partial charge < -0.3 is 0 Å². The maximum absolute atomic E-state index is 12.3. The standard InChI is InChI=1S/C21H25N5OS2/c1-4-28-20(22-14-13-17-10-6-5-7-11-17)29-15-18-16(2)9-8-12-19(18)26-21(27)25(3)23-24-26/h5-12H,4,13-15H2,1-3H3. The molecule has 0 amide bonds. The maximum Gasteiger partial charge on any atom is 0.368 e. The van der Waals surface area contributed by atoms with Crippen molar-refractivity contribution in [2.45, 2.75) is 26.0 Å². The molecule has 0 unspecified atom stereocenters. The molecule has 0 fully saturated rings. The van der Waals surface area contributed by atoms with Crippen molar-refractivity contribution in [1.29, 1.82) is 0 Å². The predicted octanol–water partition coefficient (Wildman–Crippen LogP) is 3.86. The second kappa shape index (κ2) is 10.5. The molecule has 0 bridgehead atoms. The average Bonchev–Trinajstić information content (AvgIpc) is 3.06. The molecule has 29 heavy (non-hydrogen) atoms. The first-order valence-electron chi connectivity index (χ1n) is 9.52. The Bertz CT molecular complexity index is 1030. The van der Waals surface area contributed by atoms with Crippen molar-refractivity contribution in [1.82, 2.24) is 19.8 Å². The molecule has 0 aliphatic heterocycles. The van der Waals surface area contributed by atoms with Gasteiger partial charge in [0.05, 0.1) is 5.69 Å². The lowest BCUT2D eigenvalue weighted by Crippen LogP contribution is -2.23. The molecular weight excluding hydrogens is 402 g/mol. The zero-order valence-electron chi connectivity index (χ0n) is 16.9. The lowest BCUT2D eigenvalue weighted by Gasteiger charge is -2.12. The molecule has 0 aliphatic rings. The summed E-state index contributed by atoms with van der Waals surface area (Å²) in [6, 6.07) is 16.3. The van der Waals surface area contributed by atoms with Crippen LogP contribution in [0.2, 0.25) is 0 Å². The van der Waals surface area contributed by atoms with E-state index in [-0.39, 0.29) is 5.69 Å². The quantitative estimate of drug-likeness (QED) is 0.423. The summed E-state index contributed by atoms with van der Waals surface area (Å²) in [5.41, 5.74) is 4.03. The number of benzene rings is 2. The van der Waals surface area contributed by atoms with Crippen LogP contribution < -0.4 is 5.69 Å². The number of aryl methyl sites for hydroxylation is 2. The van der Waals surface area contributed by atoms with Crippen LogP contribution in [-0.2, 0) is 19.2 Å². The van der Waals surface area contributed by atoms with Crippen LogP contribution >= 0.6 is 23.5 Å². The summed E-state index contributed by atoms with van der Waals surface area (Å²) in [5.74, 6) is 1.70. The molecular formula is C21H25N5OS2. The fraction of sp³-hybridized carbons (Fsp3) is 0.333. The molecule has 152 valence electrons. The van der Waals surface area contributed by atoms with Crippen LogP contribution in [0.1, 0.15) is 23.6 Å². The van der Waals surface area contributed by atoms with Gasteiger partial charge in [0, 0.05) is 19.3 Å². The van der Waals surface area contributed by atoms with Gasteiger partial charge in [0.25, 0.3) is 0 Å². The number of aromatic nitrogens is 4. The largest absolute Gasteiger partial charge is 0.368 e. The van der Waals surface area contributed by atoms with Crippen molar-refractivity contribution in [3.8, 4) is 5.69 Å². The average molecular weight is 428 g/mol. The first-order chi connectivity index (χ1) is 14.1. The Morgan fingerprint density at radius 1 is 1.07 bits per heavy atom. The van der Waals surface area contributed by atoms with E-state index in [1.807, 2.05) is 18.2 Å². The van der Waals surface area contributed by atoms with Crippen molar-refractivity contribution in [3.05, 3.63) is 75.7 Å². The van der Waals surface area contributed by atoms with Crippen LogP contribution in [0.4, 0.5) is 0 Å². The predicted molar refractivity (Wildman–Crippen MR) is 123 cm³/mol. The molecule has 8 heteroatoms. The van der Waals surface area contributed by atoms with E-state index in [0.29, 0.717) is 0 Å². The Balaban J connectivity index is 1.75. The van der Waals surface area contributed by atoms with Gasteiger partial charge in [0.15, 0.2) is 0 Å². The molecule has 1 aromatic heterocycles. The molecule has 2 aromatic carbocycles. The van der Waals surface area contributed by atoms with Gasteiger partial charge in [-0.25, -0.2) is 4.79 Å². The fourth-order valence-corrected chi connectivity index (χ4v) is 4.97. The Labute approximate surface area is 179 Å². The monoisotopic (exact) mass is 427 g/mol. The molecule has 6 nitrogen and oxygen atoms in total. The van der Waals surface area contributed by atoms with E-state index in [0.717, 1.165) is 45.7 Å². The summed E-state index contributed by atoms with van der Waals surface area (Å²) < 4.78 is 3.68. The Morgan fingerprint density at radius 3 is 2.55 bits per heavy atom. The van der Waals surface area contributed by atoms with Gasteiger partial charge in [-0.15, -0.1) is 11.8 Å². The van der Waals surface area contributed by atoms with E-state index in [1.54, 1.807) is 30.6 Å². The highest BCUT2D eigenvalue weighted by molar-refractivity contribution is 8.38. The summed E-state index contributed by atoms with van der Waals surface area (Å²) in [6.45, 7) is 4.96. The second-order valence-corrected chi connectivity index (χ2v) is 8.95. The summed E-state index contributed by atoms with van der Waals surface area (Å²) >= 11 is 3.47. The molecule has 0 saturated heterocycles. The highest BCUT2D eigenvalue weighted by Gasteiger charge is 2.14. The number of hydrogen-bond donors (Lipinski definition) is 0. The van der Waals surface area contributed by atoms with Crippen LogP contribution in [0.3, 0.4) is 0 Å². The van der Waals surface area contributed by atoms with Gasteiger partial charge in [0.1, 0.15) is 4.38 Å². The molecule has 3 aromatic rings. The van der Waals surface area contributed by atoms with Crippen molar-refractivity contribution in [3.63, 3.8) is 0 Å². The highest BCUT2D eigenvalue weighted by atomic mass is 32.2. The minimum atomic E-state index is -0.249. The molecule has 0 saturated carbocycles. The highest BCUT2D eigenvalue weighted by Crippen LogP contribution is 2.27. The minimum absolute atomic E-state index is 0.249. The molecule has 0 spiro atoms. The van der Waals surface area contributed by atoms with Crippen molar-refractivity contribution in [2.24, 2.45) is 12.0 Å². The van der Waals surface area contributed by atoms with E-state index in [2.05, 4.69) is 54.6 Å². The van der Waals surface area contributed by atoms with Crippen molar-refractivity contribution >= 4 is 27.9 Å². The van der Waals surface area contributed by atoms with Gasteiger partial charge in [-0.2, -0.15) is 9.36 Å². The fourth-order valence-electron chi connectivity index (χ4n) is 2.85. The van der Waals surface area contributed by atoms with Crippen LogP contribution in [0.15, 0.2) is 58.3 Å². The number of tetrazole rings is 1. The van der Waals surface area contributed by atoms with E-state index >= 15 is 0 Å². The Kier molecular flexibility index (Phi) is 7.71. The summed E-state index contributed by atoms with van der Waals surface area (Å²) in [5, 5.41) is 7.85. The van der Waals surface area contributed by atoms with Gasteiger partial charge in [-0.3, -0.25) is 4.99 Å². The molecule has 3 rings (SSSR count). The number of rotatable bonds is 7. The smallest absolute Gasteiger partial charge is 0.271 e. The summed E-state index contributed by atoms with van der Waals surface area (Å²) in [4.78, 5) is 17.1. The van der Waals surface area contributed by atoms with Crippen molar-refractivity contribution < 1.29 is 0 Å². The van der Waals surface area contributed by atoms with Crippen LogP contribution in [0, 0.1) is 6.92 Å². The summed E-state index contributed by atoms with van der Waals surface area (Å²) in [7, 11) is 1.60.